The Balaban J connectivity index is 0.00000192. The molecule has 1 N–H and O–H groups in total. The average Bonchev–Trinajstić information content (AvgIpc) is 2.45. The number of benzene rings is 2. The van der Waals surface area contributed by atoms with Gasteiger partial charge in [0.2, 0.25) is 0 Å². The maximum Gasteiger partial charge on any atom is 0.132 e. The molecule has 122 valence electrons. The highest BCUT2D eigenvalue weighted by molar-refractivity contribution is 6.33. The molecule has 0 saturated heterocycles. The van der Waals surface area contributed by atoms with E-state index in [0.29, 0.717) is 5.02 Å². The minimum Gasteiger partial charge on any atom is -0.483 e. The second kappa shape index (κ2) is 6.25. The molecule has 3 rings (SSSR count). The third kappa shape index (κ3) is 3.35. The number of fused-ring (bicyclic) bond motifs is 1. The van der Waals surface area contributed by atoms with Crippen LogP contribution in [-0.2, 0) is 0 Å². The lowest BCUT2D eigenvalue weighted by atomic mass is 9.89. The van der Waals surface area contributed by atoms with Gasteiger partial charge in [-0.15, -0.1) is 0 Å². The summed E-state index contributed by atoms with van der Waals surface area (Å²) in [5.41, 5.74) is 3.13. The summed E-state index contributed by atoms with van der Waals surface area (Å²) in [5, 5.41) is 3.68. The molecular weight excluding hydrogens is 313 g/mol. The van der Waals surface area contributed by atoms with Gasteiger partial charge in [0.05, 0.1) is 5.02 Å². The smallest absolute Gasteiger partial charge is 0.132 e. The van der Waals surface area contributed by atoms with Gasteiger partial charge in [0, 0.05) is 24.4 Å². The van der Waals surface area contributed by atoms with Crippen LogP contribution >= 0.6 is 11.6 Å². The summed E-state index contributed by atoms with van der Waals surface area (Å²) in [6, 6.07) is 10.2. The van der Waals surface area contributed by atoms with Crippen LogP contribution in [0.4, 0.5) is 10.1 Å². The van der Waals surface area contributed by atoms with Gasteiger partial charge in [0.1, 0.15) is 17.2 Å². The standard InChI is InChI=1S/C18H17ClFNO.CH4/c1-18(2)10-14(11-4-6-12(20)7-5-11)17-15(19)8-13(21-3)9-16(17)22-18;/h4-10,21H,1-3H3;1H4. The molecule has 23 heavy (non-hydrogen) atoms. The Labute approximate surface area is 141 Å². The van der Waals surface area contributed by atoms with Crippen molar-refractivity contribution in [1.82, 2.24) is 0 Å². The van der Waals surface area contributed by atoms with Crippen LogP contribution in [0.25, 0.3) is 5.57 Å². The Morgan fingerprint density at radius 3 is 2.39 bits per heavy atom. The van der Waals surface area contributed by atoms with Crippen LogP contribution in [0.1, 0.15) is 32.4 Å². The Morgan fingerprint density at radius 1 is 1.13 bits per heavy atom. The van der Waals surface area contributed by atoms with E-state index in [1.165, 1.54) is 12.1 Å². The topological polar surface area (TPSA) is 21.3 Å². The number of nitrogens with one attached hydrogen (secondary N) is 1. The Hall–Kier alpha value is -2.00. The predicted molar refractivity (Wildman–Crippen MR) is 95.9 cm³/mol. The maximum absolute atomic E-state index is 13.2. The minimum absolute atomic E-state index is 0. The molecule has 0 atom stereocenters. The highest BCUT2D eigenvalue weighted by Gasteiger charge is 2.29. The fourth-order valence-electron chi connectivity index (χ4n) is 2.66. The van der Waals surface area contributed by atoms with Crippen LogP contribution in [0, 0.1) is 5.82 Å². The molecule has 2 aromatic rings. The molecule has 4 heteroatoms. The van der Waals surface area contributed by atoms with Crippen molar-refractivity contribution in [3.8, 4) is 5.75 Å². The molecular formula is C19H21ClFNO. The summed E-state index contributed by atoms with van der Waals surface area (Å²) in [6.07, 6.45) is 2.02. The molecule has 0 bridgehead atoms. The first kappa shape index (κ1) is 17.4. The van der Waals surface area contributed by atoms with Crippen LogP contribution in [0.3, 0.4) is 0 Å². The third-order valence-electron chi connectivity index (χ3n) is 3.63. The Morgan fingerprint density at radius 2 is 1.78 bits per heavy atom. The van der Waals surface area contributed by atoms with Crippen molar-refractivity contribution < 1.29 is 9.13 Å². The summed E-state index contributed by atoms with van der Waals surface area (Å²) in [7, 11) is 1.84. The van der Waals surface area contributed by atoms with Crippen LogP contribution < -0.4 is 10.1 Å². The summed E-state index contributed by atoms with van der Waals surface area (Å²) in [5.74, 6) is 0.469. The van der Waals surface area contributed by atoms with Gasteiger partial charge in [-0.2, -0.15) is 0 Å². The number of hydrogen-bond donors (Lipinski definition) is 1. The molecule has 0 aromatic heterocycles. The quantitative estimate of drug-likeness (QED) is 0.754. The highest BCUT2D eigenvalue weighted by atomic mass is 35.5. The monoisotopic (exact) mass is 333 g/mol. The van der Waals surface area contributed by atoms with E-state index in [1.807, 2.05) is 39.1 Å². The van der Waals surface area contributed by atoms with Gasteiger partial charge in [0.15, 0.2) is 0 Å². The molecule has 0 amide bonds. The summed E-state index contributed by atoms with van der Waals surface area (Å²) in [6.45, 7) is 3.97. The maximum atomic E-state index is 13.2. The van der Waals surface area contributed by atoms with Gasteiger partial charge in [-0.1, -0.05) is 31.2 Å². The molecule has 1 heterocycles. The van der Waals surface area contributed by atoms with E-state index in [0.717, 1.165) is 28.1 Å². The molecule has 1 aliphatic heterocycles. The first-order chi connectivity index (χ1) is 10.4. The zero-order chi connectivity index (χ0) is 15.9. The van der Waals surface area contributed by atoms with E-state index < -0.39 is 5.60 Å². The van der Waals surface area contributed by atoms with Crippen molar-refractivity contribution in [1.29, 1.82) is 0 Å². The lowest BCUT2D eigenvalue weighted by molar-refractivity contribution is 0.158. The average molecular weight is 334 g/mol. The van der Waals surface area contributed by atoms with Gasteiger partial charge >= 0.3 is 0 Å². The van der Waals surface area contributed by atoms with E-state index in [1.54, 1.807) is 12.1 Å². The fraction of sp³-hybridized carbons (Fsp3) is 0.263. The number of rotatable bonds is 2. The second-order valence-electron chi connectivity index (χ2n) is 5.85. The van der Waals surface area contributed by atoms with Crippen molar-refractivity contribution in [3.63, 3.8) is 0 Å². The van der Waals surface area contributed by atoms with E-state index in [9.17, 15) is 4.39 Å². The first-order valence-corrected chi connectivity index (χ1v) is 7.47. The molecule has 0 radical (unpaired) electrons. The second-order valence-corrected chi connectivity index (χ2v) is 6.26. The summed E-state index contributed by atoms with van der Waals surface area (Å²) < 4.78 is 19.2. The normalized spacial score (nSPS) is 14.9. The van der Waals surface area contributed by atoms with Crippen LogP contribution in [-0.4, -0.2) is 12.6 Å². The number of ether oxygens (including phenoxy) is 1. The van der Waals surface area contributed by atoms with E-state index in [-0.39, 0.29) is 13.2 Å². The van der Waals surface area contributed by atoms with E-state index in [4.69, 9.17) is 16.3 Å². The largest absolute Gasteiger partial charge is 0.483 e. The molecule has 0 spiro atoms. The lowest BCUT2D eigenvalue weighted by Gasteiger charge is -2.32. The van der Waals surface area contributed by atoms with Crippen molar-refractivity contribution >= 4 is 22.9 Å². The van der Waals surface area contributed by atoms with Crippen molar-refractivity contribution in [2.45, 2.75) is 26.9 Å². The van der Waals surface area contributed by atoms with Crippen LogP contribution in [0.5, 0.6) is 5.75 Å². The fourth-order valence-corrected chi connectivity index (χ4v) is 2.97. The molecule has 1 aliphatic rings. The molecule has 0 unspecified atom stereocenters. The predicted octanol–water partition coefficient (Wildman–Crippen LogP) is 5.76. The Kier molecular flexibility index (Phi) is 4.71. The van der Waals surface area contributed by atoms with Gasteiger partial charge in [-0.3, -0.25) is 0 Å². The lowest BCUT2D eigenvalue weighted by Crippen LogP contribution is -2.29. The number of hydrogen-bond acceptors (Lipinski definition) is 2. The Bertz CT molecular complexity index is 751. The van der Waals surface area contributed by atoms with Crippen LogP contribution in [0.2, 0.25) is 5.02 Å². The van der Waals surface area contributed by atoms with Gasteiger partial charge < -0.3 is 10.1 Å². The molecule has 0 aliphatic carbocycles. The van der Waals surface area contributed by atoms with E-state index >= 15 is 0 Å². The van der Waals surface area contributed by atoms with Crippen LogP contribution in [0.15, 0.2) is 42.5 Å². The van der Waals surface area contributed by atoms with Crippen molar-refractivity contribution in [3.05, 3.63) is 64.4 Å². The summed E-state index contributed by atoms with van der Waals surface area (Å²) in [4.78, 5) is 0. The summed E-state index contributed by atoms with van der Waals surface area (Å²) >= 11 is 6.46. The molecule has 0 fully saturated rings. The van der Waals surface area contributed by atoms with Crippen molar-refractivity contribution in [2.75, 3.05) is 12.4 Å². The van der Waals surface area contributed by atoms with Gasteiger partial charge in [-0.05, 0) is 49.3 Å². The SMILES string of the molecule is C.CNc1cc(Cl)c2c(c1)OC(C)(C)C=C2c1ccc(F)cc1. The van der Waals surface area contributed by atoms with Gasteiger partial charge in [0.25, 0.3) is 0 Å². The molecule has 2 aromatic carbocycles. The van der Waals surface area contributed by atoms with E-state index in [2.05, 4.69) is 5.32 Å². The first-order valence-electron chi connectivity index (χ1n) is 7.09. The zero-order valence-corrected chi connectivity index (χ0v) is 13.5. The number of anilines is 1. The minimum atomic E-state index is -0.466. The zero-order valence-electron chi connectivity index (χ0n) is 12.7. The van der Waals surface area contributed by atoms with Crippen molar-refractivity contribution in [2.24, 2.45) is 0 Å². The molecule has 2 nitrogen and oxygen atoms in total. The van der Waals surface area contributed by atoms with Gasteiger partial charge in [-0.25, -0.2) is 4.39 Å². The highest BCUT2D eigenvalue weighted by Crippen LogP contribution is 2.44. The third-order valence-corrected chi connectivity index (χ3v) is 3.93. The molecule has 0 saturated carbocycles. The number of halogens is 2.